The molecule has 1 unspecified atom stereocenters. The number of pyridine rings is 1. The number of carbonyl (C=O) groups is 1. The van der Waals surface area contributed by atoms with Gasteiger partial charge in [0.25, 0.3) is 0 Å². The van der Waals surface area contributed by atoms with Gasteiger partial charge in [0.1, 0.15) is 5.69 Å². The van der Waals surface area contributed by atoms with Crippen LogP contribution in [-0.2, 0) is 12.8 Å². The average molecular weight is 403 g/mol. The molecule has 2 aromatic heterocycles. The molecule has 30 heavy (non-hydrogen) atoms. The number of aliphatic hydroxyl groups excluding tert-OH is 1. The van der Waals surface area contributed by atoms with E-state index >= 15 is 0 Å². The molecule has 2 aromatic carbocycles. The van der Waals surface area contributed by atoms with Crippen LogP contribution in [-0.4, -0.2) is 33.1 Å². The first-order chi connectivity index (χ1) is 14.7. The van der Waals surface area contributed by atoms with E-state index in [1.54, 1.807) is 6.20 Å². The van der Waals surface area contributed by atoms with Crippen molar-refractivity contribution in [2.24, 2.45) is 0 Å². The molecule has 4 rings (SSSR count). The third kappa shape index (κ3) is 4.16. The number of fused-ring (bicyclic) bond motifs is 1. The molecule has 2 heterocycles. The zero-order valence-electron chi connectivity index (χ0n) is 16.2. The van der Waals surface area contributed by atoms with Gasteiger partial charge in [-0.2, -0.15) is 0 Å². The van der Waals surface area contributed by atoms with Crippen LogP contribution in [0.1, 0.15) is 22.9 Å². The summed E-state index contributed by atoms with van der Waals surface area (Å²) in [7, 11) is 0. The third-order valence-electron chi connectivity index (χ3n) is 4.97. The number of benzene rings is 2. The van der Waals surface area contributed by atoms with Gasteiger partial charge in [-0.3, -0.25) is 4.98 Å². The molecule has 7 heteroatoms. The first kappa shape index (κ1) is 19.6. The molecule has 0 aliphatic carbocycles. The monoisotopic (exact) mass is 403 g/mol. The summed E-state index contributed by atoms with van der Waals surface area (Å²) in [5.74, 6) is 0. The highest BCUT2D eigenvalue weighted by molar-refractivity contribution is 5.92. The lowest BCUT2D eigenvalue weighted by Gasteiger charge is -2.20. The van der Waals surface area contributed by atoms with Crippen molar-refractivity contribution in [3.8, 4) is 11.3 Å². The van der Waals surface area contributed by atoms with Gasteiger partial charge in [-0.25, -0.2) is 4.79 Å². The molecular formula is C23H21N3O4. The predicted molar refractivity (Wildman–Crippen MR) is 112 cm³/mol. The summed E-state index contributed by atoms with van der Waals surface area (Å²) in [6, 6.07) is 18.3. The Morgan fingerprint density at radius 3 is 2.70 bits per heavy atom. The van der Waals surface area contributed by atoms with Crippen LogP contribution in [0.15, 0.2) is 71.4 Å². The molecule has 0 aliphatic rings. The van der Waals surface area contributed by atoms with E-state index in [0.717, 1.165) is 27.8 Å². The van der Waals surface area contributed by atoms with Crippen LogP contribution in [0.25, 0.3) is 22.2 Å². The molecule has 0 spiro atoms. The second-order valence-corrected chi connectivity index (χ2v) is 6.95. The number of carboxylic acid groups (broad SMARTS) is 1. The van der Waals surface area contributed by atoms with E-state index < -0.39 is 12.1 Å². The van der Waals surface area contributed by atoms with E-state index in [2.05, 4.69) is 15.5 Å². The molecule has 7 nitrogen and oxygen atoms in total. The van der Waals surface area contributed by atoms with Gasteiger partial charge in [-0.05, 0) is 41.8 Å². The summed E-state index contributed by atoms with van der Waals surface area (Å²) < 4.78 is 5.54. The van der Waals surface area contributed by atoms with Crippen molar-refractivity contribution >= 4 is 17.1 Å². The van der Waals surface area contributed by atoms with Crippen molar-refractivity contribution in [2.75, 3.05) is 6.61 Å². The van der Waals surface area contributed by atoms with Gasteiger partial charge in [0.2, 0.25) is 0 Å². The average Bonchev–Trinajstić information content (AvgIpc) is 3.17. The van der Waals surface area contributed by atoms with E-state index in [1.807, 2.05) is 60.7 Å². The Kier molecular flexibility index (Phi) is 5.72. The normalized spacial score (nSPS) is 12.0. The topological polar surface area (TPSA) is 108 Å². The van der Waals surface area contributed by atoms with E-state index in [-0.39, 0.29) is 6.61 Å². The number of nitrogens with zero attached hydrogens (tertiary/aromatic N) is 2. The fourth-order valence-corrected chi connectivity index (χ4v) is 3.59. The Morgan fingerprint density at radius 1 is 1.10 bits per heavy atom. The first-order valence-corrected chi connectivity index (χ1v) is 9.63. The van der Waals surface area contributed by atoms with Crippen molar-refractivity contribution in [1.82, 2.24) is 15.5 Å². The zero-order chi connectivity index (χ0) is 20.9. The SMILES string of the molecule is O=C(O)NC(Cc1ccccn1)c1ccccc1-c1noc2cc(CCO)ccc12. The molecule has 0 saturated heterocycles. The summed E-state index contributed by atoms with van der Waals surface area (Å²) in [4.78, 5) is 15.8. The highest BCUT2D eigenvalue weighted by atomic mass is 16.5. The molecule has 152 valence electrons. The Morgan fingerprint density at radius 2 is 1.93 bits per heavy atom. The van der Waals surface area contributed by atoms with Crippen molar-refractivity contribution in [3.05, 3.63) is 83.7 Å². The number of hydrogen-bond donors (Lipinski definition) is 3. The van der Waals surface area contributed by atoms with E-state index in [9.17, 15) is 9.90 Å². The highest BCUT2D eigenvalue weighted by Crippen LogP contribution is 2.34. The largest absolute Gasteiger partial charge is 0.465 e. The molecule has 4 aromatic rings. The molecule has 0 aliphatic heterocycles. The molecular weight excluding hydrogens is 382 g/mol. The van der Waals surface area contributed by atoms with Gasteiger partial charge in [0.15, 0.2) is 5.58 Å². The van der Waals surface area contributed by atoms with Crippen molar-refractivity contribution in [1.29, 1.82) is 0 Å². The lowest BCUT2D eigenvalue weighted by molar-refractivity contribution is 0.189. The fraction of sp³-hybridized carbons (Fsp3) is 0.174. The van der Waals surface area contributed by atoms with Crippen LogP contribution in [0, 0.1) is 0 Å². The summed E-state index contributed by atoms with van der Waals surface area (Å²) >= 11 is 0. The standard InChI is InChI=1S/C23H21N3O4/c27-12-10-15-8-9-19-21(13-15)30-26-22(19)18-7-2-1-6-17(18)20(25-23(28)29)14-16-5-3-4-11-24-16/h1-9,11,13,20,25,27H,10,12,14H2,(H,28,29). The number of nitrogens with one attached hydrogen (secondary N) is 1. The molecule has 0 bridgehead atoms. The number of aliphatic hydroxyl groups is 1. The maximum absolute atomic E-state index is 11.5. The van der Waals surface area contributed by atoms with Crippen LogP contribution in [0.4, 0.5) is 4.79 Å². The maximum atomic E-state index is 11.5. The Balaban J connectivity index is 1.77. The van der Waals surface area contributed by atoms with E-state index in [1.165, 1.54) is 0 Å². The van der Waals surface area contributed by atoms with Gasteiger partial charge in [-0.15, -0.1) is 0 Å². The Bertz CT molecular complexity index is 1160. The lowest BCUT2D eigenvalue weighted by atomic mass is 9.93. The quantitative estimate of drug-likeness (QED) is 0.431. The van der Waals surface area contributed by atoms with Crippen LogP contribution in [0.2, 0.25) is 0 Å². The second kappa shape index (κ2) is 8.75. The molecule has 1 atom stereocenters. The fourth-order valence-electron chi connectivity index (χ4n) is 3.59. The minimum Gasteiger partial charge on any atom is -0.465 e. The van der Waals surface area contributed by atoms with Crippen molar-refractivity contribution in [3.63, 3.8) is 0 Å². The minimum atomic E-state index is -1.11. The number of rotatable bonds is 7. The van der Waals surface area contributed by atoms with Gasteiger partial charge in [0.05, 0.1) is 6.04 Å². The van der Waals surface area contributed by atoms with Crippen LogP contribution < -0.4 is 5.32 Å². The molecule has 0 fully saturated rings. The van der Waals surface area contributed by atoms with Crippen LogP contribution >= 0.6 is 0 Å². The smallest absolute Gasteiger partial charge is 0.405 e. The van der Waals surface area contributed by atoms with Crippen LogP contribution in [0.5, 0.6) is 0 Å². The lowest BCUT2D eigenvalue weighted by Crippen LogP contribution is -2.29. The van der Waals surface area contributed by atoms with Gasteiger partial charge in [0, 0.05) is 35.9 Å². The van der Waals surface area contributed by atoms with Gasteiger partial charge < -0.3 is 20.1 Å². The van der Waals surface area contributed by atoms with E-state index in [4.69, 9.17) is 9.63 Å². The third-order valence-corrected chi connectivity index (χ3v) is 4.97. The van der Waals surface area contributed by atoms with Crippen LogP contribution in [0.3, 0.4) is 0 Å². The molecule has 0 saturated carbocycles. The van der Waals surface area contributed by atoms with Gasteiger partial charge >= 0.3 is 6.09 Å². The van der Waals surface area contributed by atoms with E-state index in [0.29, 0.717) is 24.1 Å². The molecule has 1 amide bonds. The number of hydrogen-bond acceptors (Lipinski definition) is 5. The second-order valence-electron chi connectivity index (χ2n) is 6.95. The Labute approximate surface area is 173 Å². The summed E-state index contributed by atoms with van der Waals surface area (Å²) in [6.07, 6.45) is 1.52. The summed E-state index contributed by atoms with van der Waals surface area (Å²) in [5.41, 5.74) is 4.60. The predicted octanol–water partition coefficient (Wildman–Crippen LogP) is 3.98. The van der Waals surface area contributed by atoms with Gasteiger partial charge in [-0.1, -0.05) is 41.6 Å². The maximum Gasteiger partial charge on any atom is 0.405 e. The molecule has 3 N–H and O–H groups in total. The number of amides is 1. The number of aromatic nitrogens is 2. The Hall–Kier alpha value is -3.71. The highest BCUT2D eigenvalue weighted by Gasteiger charge is 2.22. The van der Waals surface area contributed by atoms with Crippen molar-refractivity contribution in [2.45, 2.75) is 18.9 Å². The summed E-state index contributed by atoms with van der Waals surface area (Å²) in [5, 5.41) is 26.3. The summed E-state index contributed by atoms with van der Waals surface area (Å²) in [6.45, 7) is 0.0609. The van der Waals surface area contributed by atoms with Crippen molar-refractivity contribution < 1.29 is 19.5 Å². The molecule has 0 radical (unpaired) electrons. The first-order valence-electron chi connectivity index (χ1n) is 9.63. The minimum absolute atomic E-state index is 0.0609. The zero-order valence-corrected chi connectivity index (χ0v) is 16.2.